The fourth-order valence-corrected chi connectivity index (χ4v) is 2.41. The van der Waals surface area contributed by atoms with Gasteiger partial charge in [-0.25, -0.2) is 0 Å². The summed E-state index contributed by atoms with van der Waals surface area (Å²) in [6.07, 6.45) is 1.85. The second-order valence-corrected chi connectivity index (χ2v) is 5.27. The molecule has 3 aromatic rings. The number of para-hydroxylation sites is 1. The molecular weight excluding hydrogens is 246 g/mol. The van der Waals surface area contributed by atoms with Crippen molar-refractivity contribution in [2.75, 3.05) is 0 Å². The third-order valence-corrected chi connectivity index (χ3v) is 3.74. The first kappa shape index (κ1) is 12.9. The van der Waals surface area contributed by atoms with Crippen LogP contribution in [0.5, 0.6) is 0 Å². The Hall–Kier alpha value is -2.06. The summed E-state index contributed by atoms with van der Waals surface area (Å²) in [4.78, 5) is 0. The Morgan fingerprint density at radius 3 is 2.60 bits per heavy atom. The highest BCUT2D eigenvalue weighted by atomic mass is 16.3. The minimum atomic E-state index is 0.323. The summed E-state index contributed by atoms with van der Waals surface area (Å²) < 4.78 is 5.56. The van der Waals surface area contributed by atoms with Crippen molar-refractivity contribution in [1.82, 2.24) is 5.32 Å². The third kappa shape index (κ3) is 2.61. The van der Waals surface area contributed by atoms with Gasteiger partial charge < -0.3 is 9.73 Å². The second kappa shape index (κ2) is 5.51. The molecule has 1 N–H and O–H groups in total. The number of hydrogen-bond donors (Lipinski definition) is 1. The average molecular weight is 265 g/mol. The van der Waals surface area contributed by atoms with Crippen LogP contribution in [0.1, 0.15) is 29.7 Å². The van der Waals surface area contributed by atoms with Gasteiger partial charge in [0, 0.05) is 23.5 Å². The van der Waals surface area contributed by atoms with Crippen LogP contribution in [-0.2, 0) is 6.54 Å². The van der Waals surface area contributed by atoms with E-state index in [9.17, 15) is 0 Å². The quantitative estimate of drug-likeness (QED) is 0.746. The van der Waals surface area contributed by atoms with Crippen LogP contribution in [0.4, 0.5) is 0 Å². The van der Waals surface area contributed by atoms with Crippen LogP contribution in [0.3, 0.4) is 0 Å². The van der Waals surface area contributed by atoms with Crippen molar-refractivity contribution >= 4 is 11.0 Å². The number of nitrogens with one attached hydrogen (secondary N) is 1. The first-order chi connectivity index (χ1) is 9.74. The standard InChI is InChI=1S/C18H19NO/c1-13-7-9-15(10-8-13)14(2)19-11-16-12-20-18-6-4-3-5-17(16)18/h3-10,12,14,19H,11H2,1-2H3/t14-/m0/s1. The highest BCUT2D eigenvalue weighted by Gasteiger charge is 2.08. The summed E-state index contributed by atoms with van der Waals surface area (Å²) >= 11 is 0. The van der Waals surface area contributed by atoms with Crippen LogP contribution in [-0.4, -0.2) is 0 Å². The van der Waals surface area contributed by atoms with Gasteiger partial charge in [-0.3, -0.25) is 0 Å². The highest BCUT2D eigenvalue weighted by molar-refractivity contribution is 5.80. The van der Waals surface area contributed by atoms with Gasteiger partial charge in [0.25, 0.3) is 0 Å². The topological polar surface area (TPSA) is 25.2 Å². The second-order valence-electron chi connectivity index (χ2n) is 5.27. The Labute approximate surface area is 119 Å². The summed E-state index contributed by atoms with van der Waals surface area (Å²) in [5, 5.41) is 4.74. The van der Waals surface area contributed by atoms with E-state index in [1.165, 1.54) is 22.1 Å². The van der Waals surface area contributed by atoms with Gasteiger partial charge in [-0.05, 0) is 25.5 Å². The number of rotatable bonds is 4. The molecule has 2 nitrogen and oxygen atoms in total. The lowest BCUT2D eigenvalue weighted by Crippen LogP contribution is -2.17. The molecule has 0 bridgehead atoms. The van der Waals surface area contributed by atoms with Crippen molar-refractivity contribution in [3.05, 3.63) is 71.5 Å². The number of fused-ring (bicyclic) bond motifs is 1. The number of hydrogen-bond acceptors (Lipinski definition) is 2. The third-order valence-electron chi connectivity index (χ3n) is 3.74. The Morgan fingerprint density at radius 1 is 1.05 bits per heavy atom. The van der Waals surface area contributed by atoms with Gasteiger partial charge in [0.05, 0.1) is 6.26 Å². The van der Waals surface area contributed by atoms with E-state index in [0.29, 0.717) is 6.04 Å². The SMILES string of the molecule is Cc1ccc([C@H](C)NCc2coc3ccccc23)cc1. The lowest BCUT2D eigenvalue weighted by Gasteiger charge is -2.14. The Balaban J connectivity index is 1.71. The van der Waals surface area contributed by atoms with Gasteiger partial charge in [-0.15, -0.1) is 0 Å². The van der Waals surface area contributed by atoms with Crippen LogP contribution in [0, 0.1) is 6.92 Å². The van der Waals surface area contributed by atoms with Crippen LogP contribution < -0.4 is 5.32 Å². The van der Waals surface area contributed by atoms with Crippen molar-refractivity contribution in [2.24, 2.45) is 0 Å². The van der Waals surface area contributed by atoms with Gasteiger partial charge in [-0.2, -0.15) is 0 Å². The fourth-order valence-electron chi connectivity index (χ4n) is 2.41. The van der Waals surface area contributed by atoms with E-state index in [1.807, 2.05) is 24.5 Å². The summed E-state index contributed by atoms with van der Waals surface area (Å²) in [6, 6.07) is 17.1. The number of benzene rings is 2. The maximum absolute atomic E-state index is 5.56. The largest absolute Gasteiger partial charge is 0.464 e. The minimum Gasteiger partial charge on any atom is -0.464 e. The normalized spacial score (nSPS) is 12.7. The van der Waals surface area contributed by atoms with E-state index < -0.39 is 0 Å². The summed E-state index contributed by atoms with van der Waals surface area (Å²) in [5.41, 5.74) is 4.76. The molecule has 1 aromatic heterocycles. The van der Waals surface area contributed by atoms with E-state index in [0.717, 1.165) is 12.1 Å². The van der Waals surface area contributed by atoms with Gasteiger partial charge in [0.2, 0.25) is 0 Å². The van der Waals surface area contributed by atoms with Crippen LogP contribution in [0.2, 0.25) is 0 Å². The molecule has 0 spiro atoms. The first-order valence-electron chi connectivity index (χ1n) is 6.99. The lowest BCUT2D eigenvalue weighted by molar-refractivity contribution is 0.562. The molecule has 0 aliphatic carbocycles. The molecule has 0 unspecified atom stereocenters. The van der Waals surface area contributed by atoms with Gasteiger partial charge >= 0.3 is 0 Å². The molecule has 0 saturated carbocycles. The highest BCUT2D eigenvalue weighted by Crippen LogP contribution is 2.21. The minimum absolute atomic E-state index is 0.323. The van der Waals surface area contributed by atoms with E-state index in [1.54, 1.807) is 0 Å². The monoisotopic (exact) mass is 265 g/mol. The number of furan rings is 1. The molecule has 0 aliphatic rings. The molecule has 20 heavy (non-hydrogen) atoms. The zero-order valence-electron chi connectivity index (χ0n) is 11.9. The summed E-state index contributed by atoms with van der Waals surface area (Å²) in [7, 11) is 0. The van der Waals surface area contributed by atoms with Crippen LogP contribution in [0.15, 0.2) is 59.2 Å². The maximum atomic E-state index is 5.56. The van der Waals surface area contributed by atoms with E-state index in [4.69, 9.17) is 4.42 Å². The Bertz CT molecular complexity index is 697. The fraction of sp³-hybridized carbons (Fsp3) is 0.222. The molecule has 3 rings (SSSR count). The Kier molecular flexibility index (Phi) is 3.57. The van der Waals surface area contributed by atoms with Gasteiger partial charge in [0.15, 0.2) is 0 Å². The average Bonchev–Trinajstić information content (AvgIpc) is 2.89. The molecule has 2 heteroatoms. The number of aryl methyl sites for hydroxylation is 1. The van der Waals surface area contributed by atoms with Crippen molar-refractivity contribution in [1.29, 1.82) is 0 Å². The molecule has 0 radical (unpaired) electrons. The molecular formula is C18H19NO. The molecule has 1 heterocycles. The van der Waals surface area contributed by atoms with Gasteiger partial charge in [0.1, 0.15) is 5.58 Å². The van der Waals surface area contributed by atoms with E-state index in [-0.39, 0.29) is 0 Å². The van der Waals surface area contributed by atoms with Crippen LogP contribution >= 0.6 is 0 Å². The summed E-state index contributed by atoms with van der Waals surface area (Å²) in [5.74, 6) is 0. The molecule has 2 aromatic carbocycles. The predicted octanol–water partition coefficient (Wildman–Crippen LogP) is 4.59. The van der Waals surface area contributed by atoms with E-state index >= 15 is 0 Å². The Morgan fingerprint density at radius 2 is 1.80 bits per heavy atom. The molecule has 1 atom stereocenters. The lowest BCUT2D eigenvalue weighted by atomic mass is 10.1. The molecule has 0 fully saturated rings. The van der Waals surface area contributed by atoms with Crippen molar-refractivity contribution < 1.29 is 4.42 Å². The van der Waals surface area contributed by atoms with E-state index in [2.05, 4.69) is 49.5 Å². The zero-order valence-corrected chi connectivity index (χ0v) is 11.9. The maximum Gasteiger partial charge on any atom is 0.134 e. The first-order valence-corrected chi connectivity index (χ1v) is 6.99. The zero-order chi connectivity index (χ0) is 13.9. The van der Waals surface area contributed by atoms with Crippen molar-refractivity contribution in [3.8, 4) is 0 Å². The van der Waals surface area contributed by atoms with Crippen molar-refractivity contribution in [3.63, 3.8) is 0 Å². The van der Waals surface area contributed by atoms with Crippen molar-refractivity contribution in [2.45, 2.75) is 26.4 Å². The molecule has 0 saturated heterocycles. The molecule has 102 valence electrons. The molecule has 0 aliphatic heterocycles. The van der Waals surface area contributed by atoms with Gasteiger partial charge in [-0.1, -0.05) is 48.0 Å². The summed E-state index contributed by atoms with van der Waals surface area (Å²) in [6.45, 7) is 5.11. The smallest absolute Gasteiger partial charge is 0.134 e. The predicted molar refractivity (Wildman–Crippen MR) is 82.6 cm³/mol. The van der Waals surface area contributed by atoms with Crippen LogP contribution in [0.25, 0.3) is 11.0 Å². The molecule has 0 amide bonds.